The first-order valence-electron chi connectivity index (χ1n) is 5.35. The fraction of sp³-hybridized carbons (Fsp3) is 0.143. The number of rotatable bonds is 3. The van der Waals surface area contributed by atoms with Crippen molar-refractivity contribution in [3.63, 3.8) is 0 Å². The lowest BCUT2D eigenvalue weighted by molar-refractivity contribution is 0.386. The van der Waals surface area contributed by atoms with E-state index < -0.39 is 0 Å². The lowest BCUT2D eigenvalue weighted by Crippen LogP contribution is -1.96. The third-order valence-corrected chi connectivity index (χ3v) is 4.01. The molecule has 0 N–H and O–H groups in total. The fourth-order valence-corrected chi connectivity index (χ4v) is 2.76. The van der Waals surface area contributed by atoms with Crippen LogP contribution in [-0.4, -0.2) is 7.11 Å². The standard InChI is InChI=1S/C14H11BrClFO/c1-18-13-7-6-9(8-12(13)17)14(15)10-4-2-3-5-11(10)16/h2-8,14H,1H3. The number of benzene rings is 2. The molecule has 2 aromatic rings. The van der Waals surface area contributed by atoms with Crippen molar-refractivity contribution in [3.8, 4) is 5.75 Å². The minimum atomic E-state index is -0.383. The zero-order chi connectivity index (χ0) is 13.1. The smallest absolute Gasteiger partial charge is 0.165 e. The first kappa shape index (κ1) is 13.4. The molecule has 1 atom stereocenters. The molecule has 2 aromatic carbocycles. The van der Waals surface area contributed by atoms with E-state index in [1.54, 1.807) is 6.07 Å². The second-order valence-electron chi connectivity index (χ2n) is 3.78. The number of ether oxygens (including phenoxy) is 1. The Bertz CT molecular complexity index is 559. The van der Waals surface area contributed by atoms with Gasteiger partial charge >= 0.3 is 0 Å². The highest BCUT2D eigenvalue weighted by molar-refractivity contribution is 9.09. The quantitative estimate of drug-likeness (QED) is 0.722. The molecule has 0 saturated carbocycles. The maximum absolute atomic E-state index is 13.6. The lowest BCUT2D eigenvalue weighted by Gasteiger charge is -2.13. The van der Waals surface area contributed by atoms with Crippen molar-refractivity contribution in [1.82, 2.24) is 0 Å². The van der Waals surface area contributed by atoms with E-state index in [1.165, 1.54) is 13.2 Å². The van der Waals surface area contributed by atoms with Crippen LogP contribution in [0.1, 0.15) is 16.0 Å². The molecular formula is C14H11BrClFO. The molecule has 0 aliphatic rings. The Morgan fingerprint density at radius 3 is 2.56 bits per heavy atom. The maximum Gasteiger partial charge on any atom is 0.165 e. The number of halogens is 3. The third-order valence-electron chi connectivity index (χ3n) is 2.65. The van der Waals surface area contributed by atoms with Gasteiger partial charge in [0.15, 0.2) is 11.6 Å². The summed E-state index contributed by atoms with van der Waals surface area (Å²) in [6.45, 7) is 0. The van der Waals surface area contributed by atoms with E-state index in [9.17, 15) is 4.39 Å². The highest BCUT2D eigenvalue weighted by Gasteiger charge is 2.15. The molecule has 0 fully saturated rings. The van der Waals surface area contributed by atoms with Crippen molar-refractivity contribution in [3.05, 3.63) is 64.4 Å². The Morgan fingerprint density at radius 2 is 1.94 bits per heavy atom. The monoisotopic (exact) mass is 328 g/mol. The summed E-state index contributed by atoms with van der Waals surface area (Å²) >= 11 is 9.65. The van der Waals surface area contributed by atoms with E-state index in [2.05, 4.69) is 15.9 Å². The van der Waals surface area contributed by atoms with E-state index in [0.29, 0.717) is 5.02 Å². The lowest BCUT2D eigenvalue weighted by atomic mass is 10.0. The second kappa shape index (κ2) is 5.72. The molecule has 0 bridgehead atoms. The Morgan fingerprint density at radius 1 is 1.22 bits per heavy atom. The normalized spacial score (nSPS) is 12.2. The van der Waals surface area contributed by atoms with Crippen molar-refractivity contribution < 1.29 is 9.13 Å². The highest BCUT2D eigenvalue weighted by Crippen LogP contribution is 2.36. The maximum atomic E-state index is 13.6. The summed E-state index contributed by atoms with van der Waals surface area (Å²) in [5, 5.41) is 0.649. The molecule has 0 radical (unpaired) electrons. The van der Waals surface area contributed by atoms with Gasteiger partial charge < -0.3 is 4.74 Å². The van der Waals surface area contributed by atoms with Gasteiger partial charge in [0.05, 0.1) is 11.9 Å². The third kappa shape index (κ3) is 2.68. The number of hydrogen-bond donors (Lipinski definition) is 0. The molecule has 2 rings (SSSR count). The molecule has 18 heavy (non-hydrogen) atoms. The first-order valence-corrected chi connectivity index (χ1v) is 6.64. The second-order valence-corrected chi connectivity index (χ2v) is 5.10. The van der Waals surface area contributed by atoms with Gasteiger partial charge in [-0.25, -0.2) is 4.39 Å². The van der Waals surface area contributed by atoms with Crippen LogP contribution in [0.2, 0.25) is 5.02 Å². The first-order chi connectivity index (χ1) is 8.63. The van der Waals surface area contributed by atoms with Gasteiger partial charge in [0.2, 0.25) is 0 Å². The summed E-state index contributed by atoms with van der Waals surface area (Å²) in [7, 11) is 1.44. The van der Waals surface area contributed by atoms with Crippen molar-refractivity contribution in [2.75, 3.05) is 7.11 Å². The molecule has 0 spiro atoms. The molecule has 0 amide bonds. The Kier molecular flexibility index (Phi) is 4.25. The average molecular weight is 330 g/mol. The van der Waals surface area contributed by atoms with Gasteiger partial charge in [-0.15, -0.1) is 0 Å². The van der Waals surface area contributed by atoms with Gasteiger partial charge in [-0.2, -0.15) is 0 Å². The van der Waals surface area contributed by atoms with Crippen LogP contribution >= 0.6 is 27.5 Å². The van der Waals surface area contributed by atoms with Gasteiger partial charge in [0.1, 0.15) is 0 Å². The minimum Gasteiger partial charge on any atom is -0.494 e. The number of methoxy groups -OCH3 is 1. The Hall–Kier alpha value is -1.06. The molecule has 0 aliphatic heterocycles. The van der Waals surface area contributed by atoms with Gasteiger partial charge in [0, 0.05) is 5.02 Å². The Balaban J connectivity index is 2.37. The summed E-state index contributed by atoms with van der Waals surface area (Å²) in [6, 6.07) is 12.3. The van der Waals surface area contributed by atoms with E-state index in [1.807, 2.05) is 30.3 Å². The van der Waals surface area contributed by atoms with Crippen LogP contribution < -0.4 is 4.74 Å². The van der Waals surface area contributed by atoms with Crippen molar-refractivity contribution in [2.24, 2.45) is 0 Å². The average Bonchev–Trinajstić information content (AvgIpc) is 2.38. The molecule has 1 unspecified atom stereocenters. The fourth-order valence-electron chi connectivity index (χ4n) is 1.70. The zero-order valence-electron chi connectivity index (χ0n) is 9.66. The summed E-state index contributed by atoms with van der Waals surface area (Å²) < 4.78 is 18.5. The van der Waals surface area contributed by atoms with Gasteiger partial charge in [-0.1, -0.05) is 51.8 Å². The predicted octanol–water partition coefficient (Wildman–Crippen LogP) is 4.97. The van der Waals surface area contributed by atoms with Crippen LogP contribution in [0, 0.1) is 5.82 Å². The van der Waals surface area contributed by atoms with Crippen molar-refractivity contribution in [1.29, 1.82) is 0 Å². The highest BCUT2D eigenvalue weighted by atomic mass is 79.9. The van der Waals surface area contributed by atoms with Crippen LogP contribution in [0.15, 0.2) is 42.5 Å². The van der Waals surface area contributed by atoms with Crippen LogP contribution in [0.3, 0.4) is 0 Å². The largest absolute Gasteiger partial charge is 0.494 e. The number of hydrogen-bond acceptors (Lipinski definition) is 1. The van der Waals surface area contributed by atoms with Gasteiger partial charge in [-0.05, 0) is 29.3 Å². The topological polar surface area (TPSA) is 9.23 Å². The summed E-state index contributed by atoms with van der Waals surface area (Å²) in [4.78, 5) is -0.147. The molecule has 94 valence electrons. The molecule has 4 heteroatoms. The van der Waals surface area contributed by atoms with Crippen LogP contribution in [0.5, 0.6) is 5.75 Å². The SMILES string of the molecule is COc1ccc(C(Br)c2ccccc2Cl)cc1F. The predicted molar refractivity (Wildman–Crippen MR) is 75.2 cm³/mol. The molecule has 0 saturated heterocycles. The van der Waals surface area contributed by atoms with E-state index in [-0.39, 0.29) is 16.4 Å². The van der Waals surface area contributed by atoms with Gasteiger partial charge in [0.25, 0.3) is 0 Å². The summed E-state index contributed by atoms with van der Waals surface area (Å²) in [6.07, 6.45) is 0. The number of alkyl halides is 1. The van der Waals surface area contributed by atoms with E-state index in [4.69, 9.17) is 16.3 Å². The van der Waals surface area contributed by atoms with E-state index >= 15 is 0 Å². The van der Waals surface area contributed by atoms with Crippen LogP contribution in [0.25, 0.3) is 0 Å². The van der Waals surface area contributed by atoms with E-state index in [0.717, 1.165) is 11.1 Å². The molecule has 0 aromatic heterocycles. The van der Waals surface area contributed by atoms with Crippen molar-refractivity contribution in [2.45, 2.75) is 4.83 Å². The molecule has 0 heterocycles. The molecular weight excluding hydrogens is 319 g/mol. The Labute approximate surface area is 119 Å². The zero-order valence-corrected chi connectivity index (χ0v) is 12.0. The summed E-state index contributed by atoms with van der Waals surface area (Å²) in [5.74, 6) is -0.149. The van der Waals surface area contributed by atoms with Crippen LogP contribution in [-0.2, 0) is 0 Å². The van der Waals surface area contributed by atoms with Gasteiger partial charge in [-0.3, -0.25) is 0 Å². The summed E-state index contributed by atoms with van der Waals surface area (Å²) in [5.41, 5.74) is 1.70. The van der Waals surface area contributed by atoms with Crippen LogP contribution in [0.4, 0.5) is 4.39 Å². The molecule has 0 aliphatic carbocycles. The minimum absolute atomic E-state index is 0.147. The van der Waals surface area contributed by atoms with Crippen molar-refractivity contribution >= 4 is 27.5 Å². The molecule has 1 nitrogen and oxygen atoms in total.